The number of rotatable bonds is 7. The summed E-state index contributed by atoms with van der Waals surface area (Å²) in [5.74, 6) is -2.08. The molecule has 0 aromatic heterocycles. The molecule has 43 heavy (non-hydrogen) atoms. The Balaban J connectivity index is 1.72. The molecule has 1 saturated heterocycles. The molecule has 2 atom stereocenters. The molecule has 4 aromatic carbocycles. The minimum atomic E-state index is -4.55. The molecular formula is C34H33NO7S. The van der Waals surface area contributed by atoms with Crippen LogP contribution in [0.25, 0.3) is 10.8 Å². The van der Waals surface area contributed by atoms with Crippen molar-refractivity contribution >= 4 is 32.7 Å². The molecule has 9 heteroatoms. The predicted octanol–water partition coefficient (Wildman–Crippen LogP) is 5.57. The molecule has 2 aliphatic heterocycles. The normalized spacial score (nSPS) is 21.1. The van der Waals surface area contributed by atoms with Gasteiger partial charge in [-0.25, -0.2) is 18.0 Å². The van der Waals surface area contributed by atoms with Crippen molar-refractivity contribution < 1.29 is 32.2 Å². The zero-order valence-corrected chi connectivity index (χ0v) is 25.1. The number of hydrogen-bond acceptors (Lipinski definition) is 7. The lowest BCUT2D eigenvalue weighted by molar-refractivity contribution is -0.190. The molecule has 8 nitrogen and oxygen atoms in total. The van der Waals surface area contributed by atoms with Gasteiger partial charge in [0, 0.05) is 6.42 Å². The lowest BCUT2D eigenvalue weighted by Gasteiger charge is -2.42. The number of benzene rings is 4. The topological polar surface area (TPSA) is 99.2 Å². The van der Waals surface area contributed by atoms with E-state index in [0.717, 1.165) is 26.2 Å². The third-order valence-electron chi connectivity index (χ3n) is 8.48. The van der Waals surface area contributed by atoms with Crippen molar-refractivity contribution in [2.75, 3.05) is 13.2 Å². The monoisotopic (exact) mass is 599 g/mol. The zero-order valence-electron chi connectivity index (χ0n) is 24.3. The Hall–Kier alpha value is -4.05. The van der Waals surface area contributed by atoms with E-state index in [1.807, 2.05) is 61.5 Å². The van der Waals surface area contributed by atoms with Crippen LogP contribution in [-0.2, 0) is 46.0 Å². The standard InChI is InChI=1S/C34H33NO7S/c1-4-40-31(36)34(32(37)41-5-2)33(29-13-9-8-12-27(29)22-42-33)21-30(26-17-16-24-10-6-7-11-25(24)20-26)35(34)43(38,39)28-18-14-23(3)15-19-28/h6-20,30H,4-5,21-22H2,1-3H3/t30-,33+/m1/s1. The van der Waals surface area contributed by atoms with E-state index < -0.39 is 39.1 Å². The van der Waals surface area contributed by atoms with Gasteiger partial charge in [-0.1, -0.05) is 78.4 Å². The second kappa shape index (κ2) is 10.9. The van der Waals surface area contributed by atoms with Crippen LogP contribution in [-0.4, -0.2) is 43.4 Å². The molecule has 0 amide bonds. The first-order valence-corrected chi connectivity index (χ1v) is 15.8. The summed E-state index contributed by atoms with van der Waals surface area (Å²) in [5.41, 5.74) is -1.46. The summed E-state index contributed by atoms with van der Waals surface area (Å²) in [7, 11) is -4.55. The van der Waals surface area contributed by atoms with E-state index in [-0.39, 0.29) is 31.1 Å². The number of carbonyl (C=O) groups is 2. The Morgan fingerprint density at radius 1 is 0.860 bits per heavy atom. The average molecular weight is 600 g/mol. The van der Waals surface area contributed by atoms with E-state index in [9.17, 15) is 18.0 Å². The fourth-order valence-electron chi connectivity index (χ4n) is 6.61. The number of esters is 2. The van der Waals surface area contributed by atoms with Crippen LogP contribution in [0, 0.1) is 6.92 Å². The molecular weight excluding hydrogens is 566 g/mol. The minimum Gasteiger partial charge on any atom is -0.464 e. The maximum Gasteiger partial charge on any atom is 0.342 e. The highest BCUT2D eigenvalue weighted by atomic mass is 32.2. The highest BCUT2D eigenvalue weighted by Crippen LogP contribution is 2.62. The summed E-state index contributed by atoms with van der Waals surface area (Å²) in [6.45, 7) is 4.99. The molecule has 2 aliphatic rings. The summed E-state index contributed by atoms with van der Waals surface area (Å²) in [6.07, 6.45) is -0.0227. The first-order valence-electron chi connectivity index (χ1n) is 14.4. The van der Waals surface area contributed by atoms with Crippen molar-refractivity contribution in [2.24, 2.45) is 0 Å². The Morgan fingerprint density at radius 3 is 2.16 bits per heavy atom. The molecule has 1 spiro atoms. The Bertz CT molecular complexity index is 1800. The highest BCUT2D eigenvalue weighted by Gasteiger charge is 2.79. The van der Waals surface area contributed by atoms with Gasteiger partial charge in [-0.3, -0.25) is 0 Å². The summed E-state index contributed by atoms with van der Waals surface area (Å²) in [5, 5.41) is 1.86. The molecule has 0 N–H and O–H groups in total. The first kappa shape index (κ1) is 29.0. The van der Waals surface area contributed by atoms with E-state index in [0.29, 0.717) is 11.1 Å². The Morgan fingerprint density at radius 2 is 1.49 bits per heavy atom. The molecule has 0 radical (unpaired) electrons. The molecule has 0 bridgehead atoms. The van der Waals surface area contributed by atoms with Crippen molar-refractivity contribution in [1.82, 2.24) is 4.31 Å². The van der Waals surface area contributed by atoms with E-state index in [4.69, 9.17) is 14.2 Å². The van der Waals surface area contributed by atoms with Gasteiger partial charge in [0.25, 0.3) is 5.54 Å². The van der Waals surface area contributed by atoms with Crippen molar-refractivity contribution in [3.05, 3.63) is 113 Å². The second-order valence-corrected chi connectivity index (χ2v) is 12.7. The molecule has 0 unspecified atom stereocenters. The minimum absolute atomic E-state index is 0.0227. The third-order valence-corrected chi connectivity index (χ3v) is 10.4. The second-order valence-electron chi connectivity index (χ2n) is 10.9. The lowest BCUT2D eigenvalue weighted by Crippen LogP contribution is -2.68. The number of ether oxygens (including phenoxy) is 3. The van der Waals surface area contributed by atoms with Crippen molar-refractivity contribution in [2.45, 2.75) is 55.9 Å². The van der Waals surface area contributed by atoms with Crippen LogP contribution in [0.2, 0.25) is 0 Å². The third kappa shape index (κ3) is 4.29. The van der Waals surface area contributed by atoms with Crippen molar-refractivity contribution in [3.8, 4) is 0 Å². The summed E-state index contributed by atoms with van der Waals surface area (Å²) >= 11 is 0. The van der Waals surface area contributed by atoms with Gasteiger partial charge in [0.15, 0.2) is 0 Å². The SMILES string of the molecule is CCOC(=O)C1(C(=O)OCC)N(S(=O)(=O)c2ccc(C)cc2)[C@@H](c2ccc3ccccc3c2)C[C@@]12OCc1ccccc12. The van der Waals surface area contributed by atoms with Gasteiger partial charge in [0.05, 0.1) is 30.8 Å². The maximum absolute atomic E-state index is 14.9. The zero-order chi connectivity index (χ0) is 30.4. The quantitative estimate of drug-likeness (QED) is 0.202. The number of aryl methyl sites for hydroxylation is 1. The summed E-state index contributed by atoms with van der Waals surface area (Å²) < 4.78 is 48.6. The van der Waals surface area contributed by atoms with Gasteiger partial charge in [-0.05, 0) is 66.4 Å². The van der Waals surface area contributed by atoms with Gasteiger partial charge in [0.2, 0.25) is 10.0 Å². The smallest absolute Gasteiger partial charge is 0.342 e. The molecule has 6 rings (SSSR count). The van der Waals surface area contributed by atoms with Gasteiger partial charge >= 0.3 is 11.9 Å². The van der Waals surface area contributed by atoms with Crippen LogP contribution in [0.3, 0.4) is 0 Å². The predicted molar refractivity (Wildman–Crippen MR) is 160 cm³/mol. The summed E-state index contributed by atoms with van der Waals surface area (Å²) in [6, 6.07) is 26.0. The number of hydrogen-bond donors (Lipinski definition) is 0. The molecule has 2 heterocycles. The number of sulfonamides is 1. The Kier molecular flexibility index (Phi) is 7.36. The fraction of sp³-hybridized carbons (Fsp3) is 0.294. The highest BCUT2D eigenvalue weighted by molar-refractivity contribution is 7.89. The number of nitrogens with zero attached hydrogens (tertiary/aromatic N) is 1. The van der Waals surface area contributed by atoms with Crippen LogP contribution in [0.15, 0.2) is 95.9 Å². The molecule has 4 aromatic rings. The largest absolute Gasteiger partial charge is 0.464 e. The number of fused-ring (bicyclic) bond motifs is 3. The van der Waals surface area contributed by atoms with E-state index in [1.54, 1.807) is 38.1 Å². The molecule has 0 saturated carbocycles. The first-order chi connectivity index (χ1) is 20.7. The van der Waals surface area contributed by atoms with Crippen LogP contribution >= 0.6 is 0 Å². The van der Waals surface area contributed by atoms with E-state index in [2.05, 4.69) is 0 Å². The maximum atomic E-state index is 14.9. The van der Waals surface area contributed by atoms with E-state index in [1.165, 1.54) is 12.1 Å². The van der Waals surface area contributed by atoms with Crippen LogP contribution in [0.5, 0.6) is 0 Å². The lowest BCUT2D eigenvalue weighted by atomic mass is 9.74. The van der Waals surface area contributed by atoms with Crippen molar-refractivity contribution in [1.29, 1.82) is 0 Å². The van der Waals surface area contributed by atoms with Crippen LogP contribution in [0.1, 0.15) is 48.6 Å². The van der Waals surface area contributed by atoms with Gasteiger partial charge in [-0.15, -0.1) is 0 Å². The van der Waals surface area contributed by atoms with Gasteiger partial charge in [0.1, 0.15) is 5.60 Å². The average Bonchev–Trinajstić information content (AvgIpc) is 3.55. The summed E-state index contributed by atoms with van der Waals surface area (Å²) in [4.78, 5) is 28.9. The van der Waals surface area contributed by atoms with Gasteiger partial charge in [-0.2, -0.15) is 4.31 Å². The van der Waals surface area contributed by atoms with Gasteiger partial charge < -0.3 is 14.2 Å². The van der Waals surface area contributed by atoms with Crippen LogP contribution < -0.4 is 0 Å². The Labute approximate surface area is 251 Å². The molecule has 1 fully saturated rings. The fourth-order valence-corrected chi connectivity index (χ4v) is 8.50. The molecule has 0 aliphatic carbocycles. The number of carbonyl (C=O) groups excluding carboxylic acids is 2. The van der Waals surface area contributed by atoms with Crippen LogP contribution in [0.4, 0.5) is 0 Å². The van der Waals surface area contributed by atoms with Crippen molar-refractivity contribution in [3.63, 3.8) is 0 Å². The van der Waals surface area contributed by atoms with E-state index >= 15 is 0 Å². The molecule has 222 valence electrons.